The Morgan fingerprint density at radius 2 is 1.95 bits per heavy atom. The summed E-state index contributed by atoms with van der Waals surface area (Å²) < 4.78 is 5.40. The molecule has 0 fully saturated rings. The maximum atomic E-state index is 12.3. The second-order valence-corrected chi connectivity index (χ2v) is 4.67. The Morgan fingerprint density at radius 1 is 1.26 bits per heavy atom. The molecule has 2 aromatic rings. The van der Waals surface area contributed by atoms with E-state index in [-0.39, 0.29) is 11.9 Å². The first-order valence-corrected chi connectivity index (χ1v) is 6.54. The van der Waals surface area contributed by atoms with E-state index in [0.29, 0.717) is 11.3 Å². The Morgan fingerprint density at radius 3 is 2.47 bits per heavy atom. The Bertz CT molecular complexity index is 557. The summed E-state index contributed by atoms with van der Waals surface area (Å²) >= 11 is 0. The van der Waals surface area contributed by atoms with Crippen LogP contribution in [0.3, 0.4) is 0 Å². The third-order valence-electron chi connectivity index (χ3n) is 3.20. The van der Waals surface area contributed by atoms with Crippen molar-refractivity contribution in [2.24, 2.45) is 0 Å². The number of aryl methyl sites for hydroxylation is 2. The van der Waals surface area contributed by atoms with Crippen LogP contribution in [0.5, 0.6) is 0 Å². The van der Waals surface area contributed by atoms with Crippen LogP contribution in [0.15, 0.2) is 40.8 Å². The van der Waals surface area contributed by atoms with Crippen molar-refractivity contribution >= 4 is 5.91 Å². The average molecular weight is 257 g/mol. The number of hydrogen-bond acceptors (Lipinski definition) is 2. The predicted octanol–water partition coefficient (Wildman–Crippen LogP) is 3.78. The summed E-state index contributed by atoms with van der Waals surface area (Å²) in [5.74, 6) is 1.35. The molecule has 0 saturated heterocycles. The molecule has 3 nitrogen and oxygen atoms in total. The molecule has 0 saturated carbocycles. The van der Waals surface area contributed by atoms with Gasteiger partial charge in [-0.1, -0.05) is 37.3 Å². The summed E-state index contributed by atoms with van der Waals surface area (Å²) in [7, 11) is 0. The second-order valence-electron chi connectivity index (χ2n) is 4.67. The molecule has 0 bridgehead atoms. The minimum atomic E-state index is -0.0787. The number of amides is 1. The summed E-state index contributed by atoms with van der Waals surface area (Å²) in [6.07, 6.45) is 0.853. The molecule has 0 radical (unpaired) electrons. The Hall–Kier alpha value is -2.03. The van der Waals surface area contributed by atoms with Crippen molar-refractivity contribution in [3.05, 3.63) is 59.0 Å². The van der Waals surface area contributed by atoms with Gasteiger partial charge in [-0.05, 0) is 31.9 Å². The van der Waals surface area contributed by atoms with Crippen LogP contribution in [0.25, 0.3) is 0 Å². The molecule has 19 heavy (non-hydrogen) atoms. The highest BCUT2D eigenvalue weighted by Gasteiger charge is 2.17. The maximum absolute atomic E-state index is 12.3. The molecule has 0 aliphatic rings. The molecule has 2 rings (SSSR count). The molecular weight excluding hydrogens is 238 g/mol. The van der Waals surface area contributed by atoms with Gasteiger partial charge in [0.05, 0.1) is 11.6 Å². The van der Waals surface area contributed by atoms with Crippen molar-refractivity contribution in [3.8, 4) is 0 Å². The quantitative estimate of drug-likeness (QED) is 0.905. The van der Waals surface area contributed by atoms with Gasteiger partial charge in [-0.15, -0.1) is 0 Å². The summed E-state index contributed by atoms with van der Waals surface area (Å²) in [5.41, 5.74) is 1.74. The van der Waals surface area contributed by atoms with Gasteiger partial charge in [0, 0.05) is 0 Å². The van der Waals surface area contributed by atoms with E-state index in [9.17, 15) is 4.79 Å². The summed E-state index contributed by atoms with van der Waals surface area (Å²) in [5, 5.41) is 3.05. The minimum Gasteiger partial charge on any atom is -0.466 e. The van der Waals surface area contributed by atoms with Crippen LogP contribution < -0.4 is 5.32 Å². The van der Waals surface area contributed by atoms with Crippen LogP contribution in [0, 0.1) is 13.8 Å². The van der Waals surface area contributed by atoms with Gasteiger partial charge in [-0.3, -0.25) is 4.79 Å². The number of benzene rings is 1. The molecule has 3 heteroatoms. The largest absolute Gasteiger partial charge is 0.466 e. The number of hydrogen-bond donors (Lipinski definition) is 1. The molecule has 100 valence electrons. The van der Waals surface area contributed by atoms with Crippen molar-refractivity contribution in [1.29, 1.82) is 0 Å². The lowest BCUT2D eigenvalue weighted by Gasteiger charge is -2.17. The zero-order valence-corrected chi connectivity index (χ0v) is 11.6. The van der Waals surface area contributed by atoms with Gasteiger partial charge < -0.3 is 9.73 Å². The maximum Gasteiger partial charge on any atom is 0.255 e. The summed E-state index contributed by atoms with van der Waals surface area (Å²) in [6.45, 7) is 5.72. The lowest BCUT2D eigenvalue weighted by atomic mass is 10.0. The fourth-order valence-corrected chi connectivity index (χ4v) is 2.20. The fourth-order valence-electron chi connectivity index (χ4n) is 2.20. The lowest BCUT2D eigenvalue weighted by Crippen LogP contribution is -2.28. The van der Waals surface area contributed by atoms with Gasteiger partial charge in [0.25, 0.3) is 5.91 Å². The first kappa shape index (κ1) is 13.4. The molecule has 1 aromatic carbocycles. The number of rotatable bonds is 4. The fraction of sp³-hybridized carbons (Fsp3) is 0.312. The van der Waals surface area contributed by atoms with E-state index in [1.54, 1.807) is 6.07 Å². The number of carbonyl (C=O) groups is 1. The van der Waals surface area contributed by atoms with Gasteiger partial charge in [0.15, 0.2) is 0 Å². The number of furan rings is 1. The number of nitrogens with one attached hydrogen (secondary N) is 1. The second kappa shape index (κ2) is 5.74. The van der Waals surface area contributed by atoms with E-state index in [2.05, 4.69) is 12.2 Å². The lowest BCUT2D eigenvalue weighted by molar-refractivity contribution is 0.0934. The molecule has 1 amide bonds. The van der Waals surface area contributed by atoms with Gasteiger partial charge in [0.2, 0.25) is 0 Å². The molecule has 1 atom stereocenters. The highest BCUT2D eigenvalue weighted by molar-refractivity contribution is 5.95. The molecule has 0 spiro atoms. The van der Waals surface area contributed by atoms with Gasteiger partial charge in [-0.2, -0.15) is 0 Å². The third-order valence-corrected chi connectivity index (χ3v) is 3.20. The first-order valence-electron chi connectivity index (χ1n) is 6.54. The molecule has 0 aliphatic carbocycles. The van der Waals surface area contributed by atoms with Crippen LogP contribution in [0.1, 0.15) is 46.8 Å². The standard InChI is InChI=1S/C16H19NO2/c1-4-15(13-8-6-5-7-9-13)17-16(18)14-10-11(2)19-12(14)3/h5-10,15H,4H2,1-3H3,(H,17,18). The van der Waals surface area contributed by atoms with Crippen molar-refractivity contribution in [2.45, 2.75) is 33.2 Å². The van der Waals surface area contributed by atoms with Crippen LogP contribution in [0.2, 0.25) is 0 Å². The highest BCUT2D eigenvalue weighted by Crippen LogP contribution is 2.19. The molecule has 0 aliphatic heterocycles. The van der Waals surface area contributed by atoms with Crippen LogP contribution >= 0.6 is 0 Å². The molecular formula is C16H19NO2. The average Bonchev–Trinajstić information content (AvgIpc) is 2.76. The van der Waals surface area contributed by atoms with Gasteiger partial charge in [-0.25, -0.2) is 0 Å². The monoisotopic (exact) mass is 257 g/mol. The predicted molar refractivity (Wildman–Crippen MR) is 75.1 cm³/mol. The molecule has 1 heterocycles. The zero-order valence-electron chi connectivity index (χ0n) is 11.6. The molecule has 1 unspecified atom stereocenters. The van der Waals surface area contributed by atoms with Crippen molar-refractivity contribution < 1.29 is 9.21 Å². The van der Waals surface area contributed by atoms with E-state index in [1.165, 1.54) is 0 Å². The Labute approximate surface area is 113 Å². The Kier molecular flexibility index (Phi) is 4.05. The van der Waals surface area contributed by atoms with Gasteiger partial charge in [0.1, 0.15) is 11.5 Å². The van der Waals surface area contributed by atoms with Crippen LogP contribution in [-0.2, 0) is 0 Å². The van der Waals surface area contributed by atoms with Crippen LogP contribution in [-0.4, -0.2) is 5.91 Å². The molecule has 1 N–H and O–H groups in total. The van der Waals surface area contributed by atoms with E-state index >= 15 is 0 Å². The molecule has 1 aromatic heterocycles. The topological polar surface area (TPSA) is 42.2 Å². The smallest absolute Gasteiger partial charge is 0.255 e. The van der Waals surface area contributed by atoms with Crippen molar-refractivity contribution in [1.82, 2.24) is 5.32 Å². The Balaban J connectivity index is 2.15. The van der Waals surface area contributed by atoms with E-state index in [0.717, 1.165) is 17.7 Å². The number of carbonyl (C=O) groups excluding carboxylic acids is 1. The summed E-state index contributed by atoms with van der Waals surface area (Å²) in [6, 6.07) is 11.8. The van der Waals surface area contributed by atoms with Crippen molar-refractivity contribution in [2.75, 3.05) is 0 Å². The minimum absolute atomic E-state index is 0.0308. The summed E-state index contributed by atoms with van der Waals surface area (Å²) in [4.78, 5) is 12.3. The van der Waals surface area contributed by atoms with Crippen LogP contribution in [0.4, 0.5) is 0 Å². The first-order chi connectivity index (χ1) is 9.11. The van der Waals surface area contributed by atoms with E-state index in [1.807, 2.05) is 44.2 Å². The SMILES string of the molecule is CCC(NC(=O)c1cc(C)oc1C)c1ccccc1. The third kappa shape index (κ3) is 3.05. The normalized spacial score (nSPS) is 12.2. The van der Waals surface area contributed by atoms with Crippen molar-refractivity contribution in [3.63, 3.8) is 0 Å². The highest BCUT2D eigenvalue weighted by atomic mass is 16.3. The van der Waals surface area contributed by atoms with E-state index in [4.69, 9.17) is 4.42 Å². The van der Waals surface area contributed by atoms with Gasteiger partial charge >= 0.3 is 0 Å². The zero-order chi connectivity index (χ0) is 13.8. The van der Waals surface area contributed by atoms with E-state index < -0.39 is 0 Å².